The highest BCUT2D eigenvalue weighted by atomic mass is 32.2. The van der Waals surface area contributed by atoms with Crippen LogP contribution in [-0.4, -0.2) is 40.2 Å². The Morgan fingerprint density at radius 2 is 2.24 bits per heavy atom. The van der Waals surface area contributed by atoms with E-state index in [1.807, 2.05) is 37.6 Å². The van der Waals surface area contributed by atoms with Crippen LogP contribution in [0.1, 0.15) is 43.2 Å². The number of nitrogens with zero attached hydrogens (tertiary/aromatic N) is 2. The van der Waals surface area contributed by atoms with Crippen LogP contribution in [0.25, 0.3) is 0 Å². The molecule has 2 amide bonds. The molecular weight excluding hydrogens is 286 g/mol. The summed E-state index contributed by atoms with van der Waals surface area (Å²) in [4.78, 5) is 14.1. The van der Waals surface area contributed by atoms with Crippen LogP contribution < -0.4 is 5.32 Å². The minimum atomic E-state index is -0.0119. The second kappa shape index (κ2) is 7.20. The topological polar surface area (TPSA) is 58.4 Å². The molecular formula is C15H25N3O2S. The number of rotatable bonds is 5. The Labute approximate surface area is 130 Å². The monoisotopic (exact) mass is 311 g/mol. The number of urea groups is 1. The highest BCUT2D eigenvalue weighted by Gasteiger charge is 2.29. The van der Waals surface area contributed by atoms with E-state index in [1.165, 1.54) is 6.42 Å². The third kappa shape index (κ3) is 3.93. The zero-order valence-electron chi connectivity index (χ0n) is 13.3. The maximum atomic E-state index is 12.3. The maximum Gasteiger partial charge on any atom is 0.317 e. The van der Waals surface area contributed by atoms with Crippen LogP contribution in [-0.2, 0) is 6.54 Å². The summed E-state index contributed by atoms with van der Waals surface area (Å²) in [5, 5.41) is 7.58. The number of aryl methyl sites for hydroxylation is 2. The predicted octanol–water partition coefficient (Wildman–Crippen LogP) is 3.11. The van der Waals surface area contributed by atoms with Crippen molar-refractivity contribution in [1.29, 1.82) is 0 Å². The Bertz CT molecular complexity index is 470. The molecule has 2 rings (SSSR count). The normalized spacial score (nSPS) is 21.5. The first kappa shape index (κ1) is 16.2. The first-order valence-corrected chi connectivity index (χ1v) is 8.61. The number of carbonyl (C=O) groups is 1. The minimum Gasteiger partial charge on any atom is -0.361 e. The molecule has 0 aromatic carbocycles. The molecule has 1 heterocycles. The van der Waals surface area contributed by atoms with E-state index in [0.29, 0.717) is 17.8 Å². The molecule has 118 valence electrons. The number of nitrogens with one attached hydrogen (secondary N) is 1. The van der Waals surface area contributed by atoms with Crippen molar-refractivity contribution in [3.05, 3.63) is 17.0 Å². The smallest absolute Gasteiger partial charge is 0.317 e. The van der Waals surface area contributed by atoms with Gasteiger partial charge in [0.1, 0.15) is 5.76 Å². The Balaban J connectivity index is 1.83. The number of thioether (sulfide) groups is 1. The van der Waals surface area contributed by atoms with Gasteiger partial charge in [0.15, 0.2) is 0 Å². The van der Waals surface area contributed by atoms with Gasteiger partial charge in [-0.1, -0.05) is 12.1 Å². The lowest BCUT2D eigenvalue weighted by molar-refractivity contribution is 0.190. The quantitative estimate of drug-likeness (QED) is 0.908. The fourth-order valence-corrected chi connectivity index (χ4v) is 4.00. The van der Waals surface area contributed by atoms with Crippen LogP contribution in [0, 0.1) is 13.8 Å². The molecule has 1 aliphatic carbocycles. The molecule has 1 saturated carbocycles. The van der Waals surface area contributed by atoms with Crippen LogP contribution in [0.3, 0.4) is 0 Å². The molecule has 1 aromatic rings. The Morgan fingerprint density at radius 3 is 2.86 bits per heavy atom. The van der Waals surface area contributed by atoms with Crippen LogP contribution in [0.2, 0.25) is 0 Å². The number of hydrogen-bond donors (Lipinski definition) is 1. The molecule has 1 N–H and O–H groups in total. The summed E-state index contributed by atoms with van der Waals surface area (Å²) in [5.41, 5.74) is 1.82. The number of aromatic nitrogens is 1. The largest absolute Gasteiger partial charge is 0.361 e. The van der Waals surface area contributed by atoms with Gasteiger partial charge < -0.3 is 14.7 Å². The number of amides is 2. The molecule has 0 unspecified atom stereocenters. The summed E-state index contributed by atoms with van der Waals surface area (Å²) in [6, 6.07) is 0.348. The molecule has 0 spiro atoms. The van der Waals surface area contributed by atoms with Crippen LogP contribution in [0.4, 0.5) is 4.79 Å². The molecule has 1 fully saturated rings. The molecule has 5 nitrogen and oxygen atoms in total. The van der Waals surface area contributed by atoms with Crippen molar-refractivity contribution in [1.82, 2.24) is 15.4 Å². The molecule has 21 heavy (non-hydrogen) atoms. The Kier molecular flexibility index (Phi) is 5.56. The standard InChI is InChI=1S/C15H25N3O2S/c1-5-21-13-7-6-12(8-13)18(4)15(19)16-9-14-10(2)17-20-11(14)3/h12-13H,5-9H2,1-4H3,(H,16,19)/t12-,13-/m1/s1. The molecule has 1 aromatic heterocycles. The van der Waals surface area contributed by atoms with Gasteiger partial charge in [0.05, 0.1) is 5.69 Å². The van der Waals surface area contributed by atoms with Gasteiger partial charge in [-0.05, 0) is 38.9 Å². The zero-order valence-corrected chi connectivity index (χ0v) is 14.1. The summed E-state index contributed by atoms with van der Waals surface area (Å²) in [7, 11) is 1.90. The van der Waals surface area contributed by atoms with E-state index in [4.69, 9.17) is 4.52 Å². The number of hydrogen-bond acceptors (Lipinski definition) is 4. The maximum absolute atomic E-state index is 12.3. The molecule has 2 atom stereocenters. The second-order valence-corrected chi connectivity index (χ2v) is 7.19. The van der Waals surface area contributed by atoms with E-state index in [2.05, 4.69) is 17.4 Å². The van der Waals surface area contributed by atoms with Gasteiger partial charge in [0, 0.05) is 30.4 Å². The van der Waals surface area contributed by atoms with Gasteiger partial charge in [-0.3, -0.25) is 0 Å². The van der Waals surface area contributed by atoms with Crippen LogP contribution >= 0.6 is 11.8 Å². The Hall–Kier alpha value is -1.17. The van der Waals surface area contributed by atoms with Gasteiger partial charge in [-0.25, -0.2) is 4.79 Å². The van der Waals surface area contributed by atoms with E-state index in [9.17, 15) is 4.79 Å². The van der Waals surface area contributed by atoms with Crippen molar-refractivity contribution in [3.8, 4) is 0 Å². The summed E-state index contributed by atoms with van der Waals surface area (Å²) < 4.78 is 5.11. The van der Waals surface area contributed by atoms with E-state index in [0.717, 1.165) is 35.6 Å². The molecule has 0 aliphatic heterocycles. The first-order valence-electron chi connectivity index (χ1n) is 7.57. The summed E-state index contributed by atoms with van der Waals surface area (Å²) in [6.45, 7) is 6.43. The Morgan fingerprint density at radius 1 is 1.48 bits per heavy atom. The average Bonchev–Trinajstić information content (AvgIpc) is 3.04. The third-order valence-electron chi connectivity index (χ3n) is 4.22. The first-order chi connectivity index (χ1) is 10.0. The minimum absolute atomic E-state index is 0.0119. The molecule has 6 heteroatoms. The van der Waals surface area contributed by atoms with E-state index in [1.54, 1.807) is 0 Å². The molecule has 0 radical (unpaired) electrons. The summed E-state index contributed by atoms with van der Waals surface area (Å²) >= 11 is 2.01. The lowest BCUT2D eigenvalue weighted by Gasteiger charge is -2.25. The van der Waals surface area contributed by atoms with Crippen molar-refractivity contribution in [2.45, 2.75) is 57.9 Å². The van der Waals surface area contributed by atoms with Crippen LogP contribution in [0.5, 0.6) is 0 Å². The van der Waals surface area contributed by atoms with E-state index >= 15 is 0 Å². The molecule has 0 saturated heterocycles. The zero-order chi connectivity index (χ0) is 15.4. The SMILES string of the molecule is CCS[C@@H]1CC[C@@H](N(C)C(=O)NCc2c(C)noc2C)C1. The van der Waals surface area contributed by atoms with Gasteiger partial charge in [0.2, 0.25) is 0 Å². The van der Waals surface area contributed by atoms with Crippen molar-refractivity contribution in [2.75, 3.05) is 12.8 Å². The van der Waals surface area contributed by atoms with Crippen LogP contribution in [0.15, 0.2) is 4.52 Å². The van der Waals surface area contributed by atoms with Crippen molar-refractivity contribution in [3.63, 3.8) is 0 Å². The fraction of sp³-hybridized carbons (Fsp3) is 0.733. The van der Waals surface area contributed by atoms with Gasteiger partial charge in [0.25, 0.3) is 0 Å². The third-order valence-corrected chi connectivity index (χ3v) is 5.46. The van der Waals surface area contributed by atoms with Gasteiger partial charge in [-0.15, -0.1) is 0 Å². The second-order valence-electron chi connectivity index (χ2n) is 5.62. The summed E-state index contributed by atoms with van der Waals surface area (Å²) in [6.07, 6.45) is 3.42. The van der Waals surface area contributed by atoms with Gasteiger partial charge in [-0.2, -0.15) is 11.8 Å². The lowest BCUT2D eigenvalue weighted by atomic mass is 10.2. The summed E-state index contributed by atoms with van der Waals surface area (Å²) in [5.74, 6) is 1.93. The molecule has 1 aliphatic rings. The van der Waals surface area contributed by atoms with Crippen molar-refractivity contribution < 1.29 is 9.32 Å². The predicted molar refractivity (Wildman–Crippen MR) is 85.5 cm³/mol. The highest BCUT2D eigenvalue weighted by molar-refractivity contribution is 7.99. The van der Waals surface area contributed by atoms with Crippen molar-refractivity contribution >= 4 is 17.8 Å². The van der Waals surface area contributed by atoms with E-state index in [-0.39, 0.29) is 6.03 Å². The average molecular weight is 311 g/mol. The highest BCUT2D eigenvalue weighted by Crippen LogP contribution is 2.32. The molecule has 0 bridgehead atoms. The van der Waals surface area contributed by atoms with E-state index < -0.39 is 0 Å². The number of carbonyl (C=O) groups excluding carboxylic acids is 1. The lowest BCUT2D eigenvalue weighted by Crippen LogP contribution is -2.42. The van der Waals surface area contributed by atoms with Crippen molar-refractivity contribution in [2.24, 2.45) is 0 Å². The fourth-order valence-electron chi connectivity index (χ4n) is 2.87. The van der Waals surface area contributed by atoms with Gasteiger partial charge >= 0.3 is 6.03 Å².